The summed E-state index contributed by atoms with van der Waals surface area (Å²) in [5, 5.41) is 2.69. The lowest BCUT2D eigenvalue weighted by atomic mass is 9.95. The number of hydrogen-bond acceptors (Lipinski definition) is 3. The minimum absolute atomic E-state index is 0.108. The monoisotopic (exact) mass is 402 g/mol. The Bertz CT molecular complexity index is 802. The van der Waals surface area contributed by atoms with Crippen molar-refractivity contribution < 1.29 is 22.0 Å². The van der Waals surface area contributed by atoms with Crippen molar-refractivity contribution in [3.05, 3.63) is 46.9 Å². The molecule has 8 heteroatoms. The minimum Gasteiger partial charge on any atom is -0.326 e. The highest BCUT2D eigenvalue weighted by Crippen LogP contribution is 2.26. The van der Waals surface area contributed by atoms with Crippen LogP contribution in [0, 0.1) is 5.41 Å². The molecule has 1 aromatic carbocycles. The van der Waals surface area contributed by atoms with E-state index in [1.165, 1.54) is 31.2 Å². The van der Waals surface area contributed by atoms with Gasteiger partial charge in [-0.3, -0.25) is 9.52 Å². The second-order valence-electron chi connectivity index (χ2n) is 6.39. The van der Waals surface area contributed by atoms with Crippen molar-refractivity contribution in [1.82, 2.24) is 0 Å². The van der Waals surface area contributed by atoms with Gasteiger partial charge in [-0.2, -0.15) is 0 Å². The molecule has 2 N–H and O–H groups in total. The Morgan fingerprint density at radius 3 is 1.85 bits per heavy atom. The molecule has 27 heavy (non-hydrogen) atoms. The van der Waals surface area contributed by atoms with Gasteiger partial charge in [0.15, 0.2) is 4.91 Å². The van der Waals surface area contributed by atoms with Crippen molar-refractivity contribution in [3.63, 3.8) is 0 Å². The molecule has 0 spiro atoms. The van der Waals surface area contributed by atoms with E-state index in [-0.39, 0.29) is 11.6 Å². The normalized spacial score (nSPS) is 13.1. The van der Waals surface area contributed by atoms with Crippen LogP contribution >= 0.6 is 0 Å². The van der Waals surface area contributed by atoms with Crippen LogP contribution in [0.5, 0.6) is 0 Å². The zero-order valence-corrected chi connectivity index (χ0v) is 17.6. The molecular weight excluding hydrogens is 374 g/mol. The number of amides is 1. The van der Waals surface area contributed by atoms with Crippen LogP contribution in [0.1, 0.15) is 48.5 Å². The van der Waals surface area contributed by atoms with Gasteiger partial charge in [0, 0.05) is 16.8 Å². The maximum absolute atomic E-state index is 13.7. The summed E-state index contributed by atoms with van der Waals surface area (Å²) in [4.78, 5) is 10.9. The summed E-state index contributed by atoms with van der Waals surface area (Å²) in [6.45, 7) is 11.4. The summed E-state index contributed by atoms with van der Waals surface area (Å²) >= 11 is 0. The minimum atomic E-state index is -4.42. The van der Waals surface area contributed by atoms with E-state index in [1.54, 1.807) is 20.8 Å². The first-order valence-electron chi connectivity index (χ1n) is 8.51. The third kappa shape index (κ3) is 7.50. The first-order chi connectivity index (χ1) is 12.4. The van der Waals surface area contributed by atoms with E-state index in [0.717, 1.165) is 13.0 Å². The number of hydrogen-bond donors (Lipinski definition) is 2. The molecule has 0 saturated heterocycles. The lowest BCUT2D eigenvalue weighted by Gasteiger charge is -2.18. The largest absolute Gasteiger partial charge is 0.326 e. The van der Waals surface area contributed by atoms with Gasteiger partial charge in [-0.05, 0) is 38.1 Å². The smallest absolute Gasteiger partial charge is 0.267 e. The van der Waals surface area contributed by atoms with E-state index in [1.807, 2.05) is 13.8 Å². The number of halogens is 2. The van der Waals surface area contributed by atoms with E-state index >= 15 is 0 Å². The SMILES string of the molecule is C/C=C(F)\C(=C(/C)F)S(=O)(=O)Nc1ccc(NC(=O)C(C)(C)C)cc1.CC. The second kappa shape index (κ2) is 10.2. The molecule has 0 heterocycles. The van der Waals surface area contributed by atoms with Crippen molar-refractivity contribution in [1.29, 1.82) is 0 Å². The van der Waals surface area contributed by atoms with Crippen LogP contribution in [0.3, 0.4) is 0 Å². The quantitative estimate of drug-likeness (QED) is 0.637. The number of carbonyl (C=O) groups is 1. The molecule has 0 aliphatic heterocycles. The molecule has 152 valence electrons. The molecule has 0 radical (unpaired) electrons. The predicted molar refractivity (Wildman–Crippen MR) is 107 cm³/mol. The van der Waals surface area contributed by atoms with Crippen molar-refractivity contribution in [2.75, 3.05) is 10.0 Å². The zero-order valence-electron chi connectivity index (χ0n) is 16.8. The molecule has 0 saturated carbocycles. The number of benzene rings is 1. The maximum atomic E-state index is 13.7. The van der Waals surface area contributed by atoms with Gasteiger partial charge in [0.2, 0.25) is 5.91 Å². The van der Waals surface area contributed by atoms with Crippen molar-refractivity contribution >= 4 is 27.3 Å². The van der Waals surface area contributed by atoms with Gasteiger partial charge in [-0.1, -0.05) is 40.7 Å². The Balaban J connectivity index is 0.00000326. The molecule has 1 aromatic rings. The molecule has 1 amide bonds. The Labute approximate surface area is 160 Å². The standard InChI is InChI=1S/C17H22F2N2O3S.C2H6/c1-6-14(19)15(11(2)18)25(23,24)21-13-9-7-12(8-10-13)20-16(22)17(3,4)5;1-2/h6-10,21H,1-5H3,(H,20,22);1-2H3/b14-6+,15-11-;. The van der Waals surface area contributed by atoms with Gasteiger partial charge in [-0.15, -0.1) is 0 Å². The van der Waals surface area contributed by atoms with Crippen molar-refractivity contribution in [2.24, 2.45) is 5.41 Å². The van der Waals surface area contributed by atoms with E-state index in [2.05, 4.69) is 10.0 Å². The highest BCUT2D eigenvalue weighted by atomic mass is 32.2. The summed E-state index contributed by atoms with van der Waals surface area (Å²) in [6.07, 6.45) is 0.864. The maximum Gasteiger partial charge on any atom is 0.267 e. The van der Waals surface area contributed by atoms with Crippen molar-refractivity contribution in [3.8, 4) is 0 Å². The molecule has 0 aromatic heterocycles. The number of anilines is 2. The molecule has 1 rings (SSSR count). The molecule has 0 aliphatic carbocycles. The van der Waals surface area contributed by atoms with Gasteiger partial charge in [0.05, 0.1) is 0 Å². The average molecular weight is 403 g/mol. The van der Waals surface area contributed by atoms with Crippen LogP contribution in [0.25, 0.3) is 0 Å². The van der Waals surface area contributed by atoms with Crippen LogP contribution < -0.4 is 10.0 Å². The van der Waals surface area contributed by atoms with Gasteiger partial charge in [0.1, 0.15) is 11.7 Å². The van der Waals surface area contributed by atoms with Crippen molar-refractivity contribution in [2.45, 2.75) is 48.5 Å². The van der Waals surface area contributed by atoms with E-state index in [0.29, 0.717) is 5.69 Å². The lowest BCUT2D eigenvalue weighted by molar-refractivity contribution is -0.123. The molecule has 0 bridgehead atoms. The lowest BCUT2D eigenvalue weighted by Crippen LogP contribution is -2.27. The Morgan fingerprint density at radius 2 is 1.48 bits per heavy atom. The van der Waals surface area contributed by atoms with Crippen LogP contribution in [-0.2, 0) is 14.8 Å². The molecule has 0 unspecified atom stereocenters. The molecule has 5 nitrogen and oxygen atoms in total. The molecule has 0 fully saturated rings. The first-order valence-corrected chi connectivity index (χ1v) is 9.99. The van der Waals surface area contributed by atoms with Crippen LogP contribution in [0.15, 0.2) is 46.9 Å². The summed E-state index contributed by atoms with van der Waals surface area (Å²) < 4.78 is 53.6. The van der Waals surface area contributed by atoms with Gasteiger partial charge >= 0.3 is 0 Å². The third-order valence-corrected chi connectivity index (χ3v) is 4.65. The summed E-state index contributed by atoms with van der Waals surface area (Å²) in [7, 11) is -4.42. The number of sulfonamides is 1. The van der Waals surface area contributed by atoms with E-state index in [4.69, 9.17) is 0 Å². The van der Waals surface area contributed by atoms with Crippen LogP contribution in [-0.4, -0.2) is 14.3 Å². The molecule has 0 aliphatic rings. The molecular formula is C19H28F2N2O3S. The fourth-order valence-corrected chi connectivity index (χ4v) is 3.05. The first kappa shape index (κ1) is 24.8. The summed E-state index contributed by atoms with van der Waals surface area (Å²) in [6, 6.07) is 5.74. The van der Waals surface area contributed by atoms with Crippen LogP contribution in [0.2, 0.25) is 0 Å². The van der Waals surface area contributed by atoms with Gasteiger partial charge in [-0.25, -0.2) is 17.2 Å². The average Bonchev–Trinajstić information content (AvgIpc) is 2.56. The number of nitrogens with one attached hydrogen (secondary N) is 2. The van der Waals surface area contributed by atoms with Gasteiger partial charge < -0.3 is 5.32 Å². The highest BCUT2D eigenvalue weighted by molar-refractivity contribution is 7.96. The van der Waals surface area contributed by atoms with E-state index in [9.17, 15) is 22.0 Å². The van der Waals surface area contributed by atoms with E-state index < -0.39 is 32.0 Å². The highest BCUT2D eigenvalue weighted by Gasteiger charge is 2.25. The second-order valence-corrected chi connectivity index (χ2v) is 8.01. The summed E-state index contributed by atoms with van der Waals surface area (Å²) in [5.41, 5.74) is -0.000771. The Hall–Kier alpha value is -2.22. The van der Waals surface area contributed by atoms with Gasteiger partial charge in [0.25, 0.3) is 10.0 Å². The summed E-state index contributed by atoms with van der Waals surface area (Å²) in [5.74, 6) is -2.53. The fourth-order valence-electron chi connectivity index (χ4n) is 1.76. The van der Waals surface area contributed by atoms with Crippen LogP contribution in [0.4, 0.5) is 20.2 Å². The Kier molecular flexibility index (Phi) is 9.36. The number of allylic oxidation sites excluding steroid dienone is 3. The topological polar surface area (TPSA) is 75.3 Å². The number of rotatable bonds is 5. The predicted octanol–water partition coefficient (Wildman–Crippen LogP) is 5.51. The number of carbonyl (C=O) groups excluding carboxylic acids is 1. The molecule has 0 atom stereocenters. The zero-order chi connectivity index (χ0) is 21.4. The Morgan fingerprint density at radius 1 is 1.04 bits per heavy atom. The fraction of sp³-hybridized carbons (Fsp3) is 0.421. The third-order valence-electron chi connectivity index (χ3n) is 3.13.